The van der Waals surface area contributed by atoms with Crippen LogP contribution in [-0.4, -0.2) is 20.2 Å². The molecule has 0 spiro atoms. The van der Waals surface area contributed by atoms with E-state index < -0.39 is 8.07 Å². The van der Waals surface area contributed by atoms with Crippen molar-refractivity contribution in [1.82, 2.24) is 0 Å². The molecule has 1 rings (SSSR count). The SMILES string of the molecule is COC(Sc1ccccc1)[Si](C)(C)C.[H-].[Li+]. The second-order valence-corrected chi connectivity index (χ2v) is 11.2. The van der Waals surface area contributed by atoms with Gasteiger partial charge in [-0.3, -0.25) is 0 Å². The fourth-order valence-corrected chi connectivity index (χ4v) is 4.39. The Balaban J connectivity index is 0. The molecule has 0 heterocycles. The fraction of sp³-hybridized carbons (Fsp3) is 0.455. The second kappa shape index (κ2) is 6.83. The molecule has 1 nitrogen and oxygen atoms in total. The minimum absolute atomic E-state index is 0. The van der Waals surface area contributed by atoms with Gasteiger partial charge in [-0.2, -0.15) is 0 Å². The van der Waals surface area contributed by atoms with E-state index in [1.165, 1.54) is 4.90 Å². The maximum atomic E-state index is 5.54. The number of thioether (sulfide) groups is 1. The summed E-state index contributed by atoms with van der Waals surface area (Å²) in [6.45, 7) is 6.99. The van der Waals surface area contributed by atoms with Gasteiger partial charge in [0.05, 0.1) is 13.1 Å². The topological polar surface area (TPSA) is 9.23 Å². The predicted molar refractivity (Wildman–Crippen MR) is 67.6 cm³/mol. The monoisotopic (exact) mass is 234 g/mol. The van der Waals surface area contributed by atoms with Gasteiger partial charge < -0.3 is 6.16 Å². The summed E-state index contributed by atoms with van der Waals surface area (Å²) in [7, 11) is 0.576. The van der Waals surface area contributed by atoms with Crippen molar-refractivity contribution in [2.75, 3.05) is 7.11 Å². The number of hydrogen-bond acceptors (Lipinski definition) is 2. The molecule has 0 aliphatic carbocycles. The summed E-state index contributed by atoms with van der Waals surface area (Å²) in [6.07, 6.45) is 0. The molecule has 0 aliphatic rings. The van der Waals surface area contributed by atoms with Crippen LogP contribution in [0, 0.1) is 0 Å². The van der Waals surface area contributed by atoms with Crippen molar-refractivity contribution in [3.63, 3.8) is 0 Å². The molecule has 1 aromatic rings. The molecule has 0 fully saturated rings. The van der Waals surface area contributed by atoms with Crippen LogP contribution < -0.4 is 18.9 Å². The van der Waals surface area contributed by atoms with Crippen molar-refractivity contribution in [3.8, 4) is 0 Å². The molecule has 1 unspecified atom stereocenters. The van der Waals surface area contributed by atoms with Crippen LogP contribution in [0.5, 0.6) is 0 Å². The Morgan fingerprint density at radius 2 is 1.73 bits per heavy atom. The molecule has 0 bridgehead atoms. The van der Waals surface area contributed by atoms with Crippen molar-refractivity contribution in [2.45, 2.75) is 29.6 Å². The van der Waals surface area contributed by atoms with Crippen LogP contribution in [0.3, 0.4) is 0 Å². The predicted octanol–water partition coefficient (Wildman–Crippen LogP) is 0.745. The number of rotatable bonds is 4. The summed E-state index contributed by atoms with van der Waals surface area (Å²) in [5.74, 6) is 0. The zero-order valence-electron chi connectivity index (χ0n) is 11.3. The Morgan fingerprint density at radius 1 is 1.20 bits per heavy atom. The van der Waals surface area contributed by atoms with E-state index in [-0.39, 0.29) is 20.3 Å². The molecule has 0 aliphatic heterocycles. The minimum Gasteiger partial charge on any atom is -1.00 e. The van der Waals surface area contributed by atoms with Gasteiger partial charge in [-0.15, -0.1) is 0 Å². The molecule has 0 amide bonds. The average Bonchev–Trinajstić information content (AvgIpc) is 2.14. The standard InChI is InChI=1S/C11H18OSSi.Li.H/c1-12-11(14(2,3)4)13-10-8-6-5-7-9-10;;/h5-9,11H,1-4H3;;/q;+1;-1. The molecule has 80 valence electrons. The van der Waals surface area contributed by atoms with E-state index in [0.29, 0.717) is 5.06 Å². The van der Waals surface area contributed by atoms with Crippen LogP contribution in [0.15, 0.2) is 35.2 Å². The number of benzene rings is 1. The largest absolute Gasteiger partial charge is 1.00 e. The summed E-state index contributed by atoms with van der Waals surface area (Å²) < 4.78 is 5.54. The molecule has 4 heteroatoms. The van der Waals surface area contributed by atoms with Gasteiger partial charge >= 0.3 is 18.9 Å². The van der Waals surface area contributed by atoms with Gasteiger partial charge in [0.15, 0.2) is 0 Å². The van der Waals surface area contributed by atoms with Crippen molar-refractivity contribution in [1.29, 1.82) is 0 Å². The summed E-state index contributed by atoms with van der Waals surface area (Å²) in [4.78, 5) is 1.29. The van der Waals surface area contributed by atoms with Crippen LogP contribution in [0.1, 0.15) is 1.43 Å². The summed E-state index contributed by atoms with van der Waals surface area (Å²) in [5, 5.41) is 0.338. The van der Waals surface area contributed by atoms with E-state index in [1.54, 1.807) is 7.11 Å². The van der Waals surface area contributed by atoms with E-state index in [2.05, 4.69) is 43.9 Å². The first kappa shape index (κ1) is 15.3. The van der Waals surface area contributed by atoms with E-state index in [4.69, 9.17) is 4.74 Å². The van der Waals surface area contributed by atoms with Gasteiger partial charge in [-0.1, -0.05) is 49.6 Å². The molecular weight excluding hydrogens is 215 g/mol. The van der Waals surface area contributed by atoms with Crippen molar-refractivity contribution in [2.24, 2.45) is 0 Å². The van der Waals surface area contributed by atoms with Crippen molar-refractivity contribution < 1.29 is 25.0 Å². The van der Waals surface area contributed by atoms with Gasteiger partial charge in [0.25, 0.3) is 0 Å². The quantitative estimate of drug-likeness (QED) is 0.432. The summed E-state index contributed by atoms with van der Waals surface area (Å²) >= 11 is 1.84. The molecule has 0 N–H and O–H groups in total. The van der Waals surface area contributed by atoms with E-state index in [0.717, 1.165) is 0 Å². The molecule has 0 radical (unpaired) electrons. The molecule has 0 saturated heterocycles. The Bertz CT molecular complexity index is 279. The molecule has 0 aromatic heterocycles. The van der Waals surface area contributed by atoms with Crippen LogP contribution >= 0.6 is 11.8 Å². The number of hydrogen-bond donors (Lipinski definition) is 0. The van der Waals surface area contributed by atoms with Crippen molar-refractivity contribution >= 4 is 19.8 Å². The third-order valence-electron chi connectivity index (χ3n) is 1.91. The van der Waals surface area contributed by atoms with E-state index >= 15 is 0 Å². The van der Waals surface area contributed by atoms with Crippen molar-refractivity contribution in [3.05, 3.63) is 30.3 Å². The fourth-order valence-electron chi connectivity index (χ4n) is 1.20. The first-order valence-electron chi connectivity index (χ1n) is 4.78. The zero-order valence-corrected chi connectivity index (χ0v) is 12.1. The van der Waals surface area contributed by atoms with Crippen LogP contribution in [-0.2, 0) is 4.74 Å². The summed E-state index contributed by atoms with van der Waals surface area (Å²) in [6, 6.07) is 10.5. The Hall–Kier alpha value is 0.344. The van der Waals surface area contributed by atoms with Gasteiger partial charge in [0, 0.05) is 12.0 Å². The van der Waals surface area contributed by atoms with Crippen LogP contribution in [0.4, 0.5) is 0 Å². The van der Waals surface area contributed by atoms with Gasteiger partial charge in [0.1, 0.15) is 0 Å². The first-order valence-corrected chi connectivity index (χ1v) is 9.24. The molecular formula is C11H19LiOSSi. The van der Waals surface area contributed by atoms with E-state index in [1.807, 2.05) is 17.8 Å². The second-order valence-electron chi connectivity index (χ2n) is 4.36. The smallest absolute Gasteiger partial charge is 1.00 e. The van der Waals surface area contributed by atoms with Crippen LogP contribution in [0.2, 0.25) is 19.6 Å². The van der Waals surface area contributed by atoms with Gasteiger partial charge in [-0.25, -0.2) is 0 Å². The maximum absolute atomic E-state index is 5.54. The first-order chi connectivity index (χ1) is 6.54. The molecule has 1 aromatic carbocycles. The number of ether oxygens (including phenoxy) is 1. The zero-order chi connectivity index (χ0) is 10.6. The van der Waals surface area contributed by atoms with Gasteiger partial charge in [0.2, 0.25) is 0 Å². The Labute approximate surface area is 112 Å². The Kier molecular flexibility index (Phi) is 6.98. The average molecular weight is 234 g/mol. The third kappa shape index (κ3) is 5.28. The molecule has 0 saturated carbocycles. The molecule has 1 atom stereocenters. The third-order valence-corrected chi connectivity index (χ3v) is 6.98. The Morgan fingerprint density at radius 3 is 2.13 bits per heavy atom. The molecule has 15 heavy (non-hydrogen) atoms. The minimum atomic E-state index is -1.23. The maximum Gasteiger partial charge on any atom is 1.00 e. The van der Waals surface area contributed by atoms with E-state index in [9.17, 15) is 0 Å². The summed E-state index contributed by atoms with van der Waals surface area (Å²) in [5.41, 5.74) is 0. The van der Waals surface area contributed by atoms with Crippen LogP contribution in [0.25, 0.3) is 0 Å². The van der Waals surface area contributed by atoms with Gasteiger partial charge in [-0.05, 0) is 12.1 Å². The normalized spacial score (nSPS) is 13.1. The number of methoxy groups -OCH3 is 1.